The van der Waals surface area contributed by atoms with E-state index in [0.29, 0.717) is 25.2 Å². The van der Waals surface area contributed by atoms with Gasteiger partial charge in [0.15, 0.2) is 0 Å². The van der Waals surface area contributed by atoms with Gasteiger partial charge < -0.3 is 24.4 Å². The first-order valence-corrected chi connectivity index (χ1v) is 14.2. The van der Waals surface area contributed by atoms with Crippen LogP contribution in [0.1, 0.15) is 78.6 Å². The van der Waals surface area contributed by atoms with Gasteiger partial charge in [-0.25, -0.2) is 4.79 Å². The fourth-order valence-corrected chi connectivity index (χ4v) is 5.59. The smallest absolute Gasteiger partial charge is 0.330 e. The molecule has 9 atom stereocenters. The average molecular weight is 517 g/mol. The molecular formula is C31H48O6. The van der Waals surface area contributed by atoms with Crippen LogP contribution >= 0.6 is 0 Å². The first-order chi connectivity index (χ1) is 17.7. The van der Waals surface area contributed by atoms with Crippen LogP contribution in [-0.4, -0.2) is 59.4 Å². The van der Waals surface area contributed by atoms with E-state index in [2.05, 4.69) is 25.7 Å². The summed E-state index contributed by atoms with van der Waals surface area (Å²) in [4.78, 5) is 12.7. The molecule has 7 unspecified atom stereocenters. The molecule has 37 heavy (non-hydrogen) atoms. The molecule has 0 saturated carbocycles. The summed E-state index contributed by atoms with van der Waals surface area (Å²) in [7, 11) is 0. The Labute approximate surface area is 223 Å². The number of rotatable bonds is 3. The minimum absolute atomic E-state index is 0.0165. The molecule has 3 rings (SSSR count). The molecule has 3 heterocycles. The molecule has 2 N–H and O–H groups in total. The Balaban J connectivity index is 1.74. The number of aliphatic hydroxyl groups is 2. The van der Waals surface area contributed by atoms with Gasteiger partial charge in [0.05, 0.1) is 24.4 Å². The third-order valence-corrected chi connectivity index (χ3v) is 8.03. The summed E-state index contributed by atoms with van der Waals surface area (Å²) >= 11 is 0. The van der Waals surface area contributed by atoms with E-state index in [-0.39, 0.29) is 30.1 Å². The molecule has 1 saturated heterocycles. The van der Waals surface area contributed by atoms with Gasteiger partial charge in [0.25, 0.3) is 0 Å². The zero-order chi connectivity index (χ0) is 26.8. The second-order valence-corrected chi connectivity index (χ2v) is 11.5. The monoisotopic (exact) mass is 516 g/mol. The van der Waals surface area contributed by atoms with Gasteiger partial charge in [-0.15, -0.1) is 0 Å². The Hall–Kier alpha value is -1.73. The van der Waals surface area contributed by atoms with Crippen molar-refractivity contribution in [3.8, 4) is 0 Å². The zero-order valence-corrected chi connectivity index (χ0v) is 23.0. The van der Waals surface area contributed by atoms with Crippen LogP contribution in [0.25, 0.3) is 0 Å². The molecule has 0 amide bonds. The van der Waals surface area contributed by atoms with E-state index >= 15 is 0 Å². The maximum atomic E-state index is 12.7. The summed E-state index contributed by atoms with van der Waals surface area (Å²) in [5, 5.41) is 22.0. The first-order valence-electron chi connectivity index (χ1n) is 14.2. The predicted octanol–water partition coefficient (Wildman–Crippen LogP) is 5.44. The molecule has 6 heteroatoms. The lowest BCUT2D eigenvalue weighted by Gasteiger charge is -2.31. The molecule has 6 nitrogen and oxygen atoms in total. The van der Waals surface area contributed by atoms with Gasteiger partial charge in [0.2, 0.25) is 0 Å². The van der Waals surface area contributed by atoms with Crippen molar-refractivity contribution in [1.82, 2.24) is 0 Å². The van der Waals surface area contributed by atoms with Gasteiger partial charge in [-0.3, -0.25) is 0 Å². The highest BCUT2D eigenvalue weighted by molar-refractivity contribution is 5.82. The molecule has 3 aliphatic rings. The number of carbonyl (C=O) groups is 1. The van der Waals surface area contributed by atoms with E-state index in [1.807, 2.05) is 19.9 Å². The van der Waals surface area contributed by atoms with Crippen LogP contribution in [0.4, 0.5) is 0 Å². The summed E-state index contributed by atoms with van der Waals surface area (Å²) < 4.78 is 17.8. The van der Waals surface area contributed by atoms with Crippen LogP contribution in [-0.2, 0) is 19.0 Å². The Morgan fingerprint density at radius 3 is 2.68 bits per heavy atom. The molecule has 0 aromatic rings. The summed E-state index contributed by atoms with van der Waals surface area (Å²) in [5.41, 5.74) is 1.05. The highest BCUT2D eigenvalue weighted by atomic mass is 16.6. The Kier molecular flexibility index (Phi) is 12.1. The van der Waals surface area contributed by atoms with E-state index < -0.39 is 24.3 Å². The molecule has 0 aromatic heterocycles. The summed E-state index contributed by atoms with van der Waals surface area (Å²) in [6, 6.07) is 0. The van der Waals surface area contributed by atoms with Gasteiger partial charge in [-0.1, -0.05) is 63.3 Å². The van der Waals surface area contributed by atoms with Crippen molar-refractivity contribution in [1.29, 1.82) is 0 Å². The fraction of sp³-hybridized carbons (Fsp3) is 0.710. The van der Waals surface area contributed by atoms with Crippen molar-refractivity contribution in [2.75, 3.05) is 6.61 Å². The second-order valence-electron chi connectivity index (χ2n) is 11.5. The number of fused-ring (bicyclic) bond motifs is 2. The Bertz CT molecular complexity index is 811. The van der Waals surface area contributed by atoms with Crippen molar-refractivity contribution in [3.63, 3.8) is 0 Å². The largest absolute Gasteiger partial charge is 0.456 e. The number of hydrogen-bond acceptors (Lipinski definition) is 6. The quantitative estimate of drug-likeness (QED) is 0.384. The zero-order valence-electron chi connectivity index (χ0n) is 23.0. The molecule has 2 bridgehead atoms. The van der Waals surface area contributed by atoms with Crippen LogP contribution in [0.3, 0.4) is 0 Å². The van der Waals surface area contributed by atoms with E-state index in [9.17, 15) is 15.0 Å². The number of carbonyl (C=O) groups excluding carboxylic acids is 1. The summed E-state index contributed by atoms with van der Waals surface area (Å²) in [6.45, 7) is 11.3. The molecular weight excluding hydrogens is 468 g/mol. The van der Waals surface area contributed by atoms with Gasteiger partial charge >= 0.3 is 5.97 Å². The van der Waals surface area contributed by atoms with E-state index in [4.69, 9.17) is 14.2 Å². The minimum Gasteiger partial charge on any atom is -0.456 e. The van der Waals surface area contributed by atoms with Gasteiger partial charge in [-0.05, 0) is 75.5 Å². The van der Waals surface area contributed by atoms with E-state index in [1.165, 1.54) is 6.08 Å². The number of hydrogen-bond donors (Lipinski definition) is 2. The first kappa shape index (κ1) is 29.8. The summed E-state index contributed by atoms with van der Waals surface area (Å²) in [5.74, 6) is -0.0967. The lowest BCUT2D eigenvalue weighted by atomic mass is 9.82. The summed E-state index contributed by atoms with van der Waals surface area (Å²) in [6.07, 6.45) is 16.2. The lowest BCUT2D eigenvalue weighted by Crippen LogP contribution is -2.35. The number of aliphatic hydroxyl groups excluding tert-OH is 2. The van der Waals surface area contributed by atoms with Crippen molar-refractivity contribution in [3.05, 3.63) is 48.6 Å². The van der Waals surface area contributed by atoms with Gasteiger partial charge in [-0.2, -0.15) is 0 Å². The SMILES string of the molecule is C=C1CC(C)CC2CC=CC(C/C=C\C(=O)OC(C(O)/C=C/C3CCCCO3)C[C@H](C)C(C)[C@@H](O)C1)O2. The van der Waals surface area contributed by atoms with Crippen LogP contribution < -0.4 is 0 Å². The third kappa shape index (κ3) is 10.2. The molecule has 0 aliphatic carbocycles. The normalized spacial score (nSPS) is 38.9. The van der Waals surface area contributed by atoms with Crippen LogP contribution in [0.5, 0.6) is 0 Å². The molecule has 0 radical (unpaired) electrons. The van der Waals surface area contributed by atoms with Gasteiger partial charge in [0.1, 0.15) is 12.2 Å². The fourth-order valence-electron chi connectivity index (χ4n) is 5.59. The van der Waals surface area contributed by atoms with Crippen LogP contribution in [0.2, 0.25) is 0 Å². The van der Waals surface area contributed by atoms with E-state index in [1.54, 1.807) is 12.2 Å². The maximum Gasteiger partial charge on any atom is 0.330 e. The van der Waals surface area contributed by atoms with Crippen LogP contribution in [0, 0.1) is 17.8 Å². The average Bonchev–Trinajstić information content (AvgIpc) is 2.86. The number of ether oxygens (including phenoxy) is 3. The molecule has 208 valence electrons. The minimum atomic E-state index is -0.957. The topological polar surface area (TPSA) is 85.2 Å². The van der Waals surface area contributed by atoms with Crippen molar-refractivity contribution < 1.29 is 29.2 Å². The maximum absolute atomic E-state index is 12.7. The molecule has 1 fully saturated rings. The molecule has 3 aliphatic heterocycles. The highest BCUT2D eigenvalue weighted by Gasteiger charge is 2.30. The third-order valence-electron chi connectivity index (χ3n) is 8.03. The Morgan fingerprint density at radius 1 is 1.11 bits per heavy atom. The number of esters is 1. The van der Waals surface area contributed by atoms with Crippen molar-refractivity contribution in [2.45, 2.75) is 115 Å². The van der Waals surface area contributed by atoms with Crippen LogP contribution in [0.15, 0.2) is 48.6 Å². The lowest BCUT2D eigenvalue weighted by molar-refractivity contribution is -0.148. The van der Waals surface area contributed by atoms with Gasteiger partial charge in [0, 0.05) is 12.7 Å². The Morgan fingerprint density at radius 2 is 1.92 bits per heavy atom. The molecule has 0 spiro atoms. The second kappa shape index (κ2) is 15.0. The van der Waals surface area contributed by atoms with E-state index in [0.717, 1.165) is 50.7 Å². The standard InChI is InChI=1S/C31H48O6/c1-21-17-22(2)19-29(33)24(4)23(3)20-30(28(32)15-14-25-9-5-6-16-35-25)37-31(34)13-8-11-26-10-7-12-27(18-21)36-26/h7-8,10,13-15,21,23-30,32-33H,2,5-6,9,11-12,16-20H2,1,3-4H3/b13-8-,15-14+/t21?,23-,24?,25?,26?,27?,28?,29-,30?/m0/s1. The molecule has 0 aromatic carbocycles. The highest BCUT2D eigenvalue weighted by Crippen LogP contribution is 2.30. The number of cyclic esters (lactones) is 1. The predicted molar refractivity (Wildman–Crippen MR) is 146 cm³/mol. The van der Waals surface area contributed by atoms with Crippen molar-refractivity contribution in [2.24, 2.45) is 17.8 Å². The van der Waals surface area contributed by atoms with Crippen molar-refractivity contribution >= 4 is 5.97 Å².